The molecule has 0 N–H and O–H groups in total. The van der Waals surface area contributed by atoms with Crippen LogP contribution in [0.4, 0.5) is 8.78 Å². The third-order valence-corrected chi connectivity index (χ3v) is 4.14. The number of rotatable bonds is 6. The monoisotopic (exact) mass is 312 g/mol. The van der Waals surface area contributed by atoms with Crippen molar-refractivity contribution >= 4 is 5.97 Å². The second-order valence-electron chi connectivity index (χ2n) is 5.78. The Morgan fingerprint density at radius 1 is 1.14 bits per heavy atom. The molecule has 0 atom stereocenters. The average Bonchev–Trinajstić information content (AvgIpc) is 2.50. The molecule has 1 aromatic rings. The van der Waals surface area contributed by atoms with E-state index in [1.54, 1.807) is 0 Å². The minimum atomic E-state index is -2.85. The van der Waals surface area contributed by atoms with Crippen molar-refractivity contribution < 1.29 is 23.0 Å². The van der Waals surface area contributed by atoms with E-state index in [9.17, 15) is 13.6 Å². The fourth-order valence-electron chi connectivity index (χ4n) is 2.98. The molecule has 0 bridgehead atoms. The zero-order chi connectivity index (χ0) is 15.9. The van der Waals surface area contributed by atoms with E-state index >= 15 is 0 Å². The molecular formula is C17H22F2O3. The number of hydrogen-bond donors (Lipinski definition) is 0. The van der Waals surface area contributed by atoms with Crippen molar-refractivity contribution in [1.29, 1.82) is 0 Å². The highest BCUT2D eigenvalue weighted by Gasteiger charge is 2.27. The normalized spacial score (nSPS) is 21.6. The van der Waals surface area contributed by atoms with Gasteiger partial charge in [-0.15, -0.1) is 0 Å². The zero-order valence-electron chi connectivity index (χ0n) is 12.8. The summed E-state index contributed by atoms with van der Waals surface area (Å²) in [7, 11) is 0. The Balaban J connectivity index is 1.82. The third kappa shape index (κ3) is 4.97. The van der Waals surface area contributed by atoms with Gasteiger partial charge in [-0.25, -0.2) is 0 Å². The maximum atomic E-state index is 12.1. The minimum absolute atomic E-state index is 0.0508. The van der Waals surface area contributed by atoms with Crippen LogP contribution in [0.1, 0.15) is 45.4 Å². The van der Waals surface area contributed by atoms with E-state index in [-0.39, 0.29) is 17.6 Å². The van der Waals surface area contributed by atoms with Crippen LogP contribution in [0.5, 0.6) is 11.5 Å². The summed E-state index contributed by atoms with van der Waals surface area (Å²) in [6, 6.07) is 5.68. The number of benzene rings is 1. The van der Waals surface area contributed by atoms with E-state index in [1.165, 1.54) is 37.1 Å². The first-order chi connectivity index (χ1) is 10.6. The van der Waals surface area contributed by atoms with Gasteiger partial charge in [-0.05, 0) is 55.9 Å². The molecule has 1 aliphatic rings. The Kier molecular flexibility index (Phi) is 6.16. The van der Waals surface area contributed by atoms with E-state index in [2.05, 4.69) is 11.7 Å². The van der Waals surface area contributed by atoms with Gasteiger partial charge in [-0.2, -0.15) is 8.78 Å². The van der Waals surface area contributed by atoms with Crippen molar-refractivity contribution in [3.63, 3.8) is 0 Å². The van der Waals surface area contributed by atoms with Crippen LogP contribution < -0.4 is 9.47 Å². The van der Waals surface area contributed by atoms with Gasteiger partial charge in [-0.3, -0.25) is 4.79 Å². The van der Waals surface area contributed by atoms with Crippen LogP contribution in [0.3, 0.4) is 0 Å². The minimum Gasteiger partial charge on any atom is -0.435 e. The highest BCUT2D eigenvalue weighted by atomic mass is 19.3. The molecule has 1 saturated carbocycles. The molecule has 0 unspecified atom stereocenters. The van der Waals surface area contributed by atoms with Crippen LogP contribution in [0.15, 0.2) is 24.3 Å². The van der Waals surface area contributed by atoms with Crippen LogP contribution in [0, 0.1) is 11.8 Å². The lowest BCUT2D eigenvalue weighted by Crippen LogP contribution is -2.25. The Hall–Kier alpha value is -1.65. The number of ether oxygens (including phenoxy) is 2. The van der Waals surface area contributed by atoms with Gasteiger partial charge >= 0.3 is 12.6 Å². The highest BCUT2D eigenvalue weighted by Crippen LogP contribution is 2.32. The molecule has 0 spiro atoms. The summed E-state index contributed by atoms with van der Waals surface area (Å²) in [5, 5.41) is 0. The van der Waals surface area contributed by atoms with Crippen molar-refractivity contribution in [1.82, 2.24) is 0 Å². The predicted octanol–water partition coefficient (Wildman–Crippen LogP) is 4.80. The standard InChI is InChI=1S/C17H22F2O3/c1-2-3-12-4-6-13(7-5-12)16(20)21-14-8-10-15(11-9-14)22-17(18)19/h8-13,17H,2-7H2,1H3. The first kappa shape index (κ1) is 16.7. The topological polar surface area (TPSA) is 35.5 Å². The number of esters is 1. The molecule has 0 heterocycles. The summed E-state index contributed by atoms with van der Waals surface area (Å²) in [4.78, 5) is 12.1. The maximum Gasteiger partial charge on any atom is 0.387 e. The number of carbonyl (C=O) groups is 1. The summed E-state index contributed by atoms with van der Waals surface area (Å²) in [6.45, 7) is -0.673. The zero-order valence-corrected chi connectivity index (χ0v) is 12.8. The van der Waals surface area contributed by atoms with E-state index in [0.29, 0.717) is 5.75 Å². The van der Waals surface area contributed by atoms with Gasteiger partial charge in [0.15, 0.2) is 0 Å². The second-order valence-corrected chi connectivity index (χ2v) is 5.78. The maximum absolute atomic E-state index is 12.1. The first-order valence-corrected chi connectivity index (χ1v) is 7.85. The second kappa shape index (κ2) is 8.11. The van der Waals surface area contributed by atoms with Gasteiger partial charge < -0.3 is 9.47 Å². The molecule has 1 aliphatic carbocycles. The van der Waals surface area contributed by atoms with Crippen molar-refractivity contribution in [2.75, 3.05) is 0 Å². The summed E-state index contributed by atoms with van der Waals surface area (Å²) < 4.78 is 33.7. The lowest BCUT2D eigenvalue weighted by Gasteiger charge is -2.26. The fourth-order valence-corrected chi connectivity index (χ4v) is 2.98. The molecule has 22 heavy (non-hydrogen) atoms. The Morgan fingerprint density at radius 3 is 2.27 bits per heavy atom. The van der Waals surface area contributed by atoms with Crippen LogP contribution in [-0.2, 0) is 4.79 Å². The van der Waals surface area contributed by atoms with Gasteiger partial charge in [0.2, 0.25) is 0 Å². The quantitative estimate of drug-likeness (QED) is 0.559. The molecule has 1 fully saturated rings. The molecule has 3 nitrogen and oxygen atoms in total. The largest absolute Gasteiger partial charge is 0.435 e. The number of carbonyl (C=O) groups excluding carboxylic acids is 1. The first-order valence-electron chi connectivity index (χ1n) is 7.85. The lowest BCUT2D eigenvalue weighted by atomic mass is 9.80. The van der Waals surface area contributed by atoms with Gasteiger partial charge in [0.1, 0.15) is 11.5 Å². The van der Waals surface area contributed by atoms with Gasteiger partial charge in [0, 0.05) is 0 Å². The van der Waals surface area contributed by atoms with E-state index in [0.717, 1.165) is 31.6 Å². The van der Waals surface area contributed by atoms with Crippen molar-refractivity contribution in [3.8, 4) is 11.5 Å². The molecule has 0 radical (unpaired) electrons. The van der Waals surface area contributed by atoms with Gasteiger partial charge in [-0.1, -0.05) is 19.8 Å². The molecule has 0 aliphatic heterocycles. The Labute approximate surface area is 129 Å². The van der Waals surface area contributed by atoms with Crippen molar-refractivity contribution in [2.45, 2.75) is 52.1 Å². The molecule has 0 amide bonds. The van der Waals surface area contributed by atoms with Crippen LogP contribution in [0.2, 0.25) is 0 Å². The molecule has 5 heteroatoms. The van der Waals surface area contributed by atoms with Crippen LogP contribution in [0.25, 0.3) is 0 Å². The summed E-state index contributed by atoms with van der Waals surface area (Å²) in [5.74, 6) is 0.875. The van der Waals surface area contributed by atoms with E-state index < -0.39 is 6.61 Å². The Morgan fingerprint density at radius 2 is 1.73 bits per heavy atom. The fraction of sp³-hybridized carbons (Fsp3) is 0.588. The van der Waals surface area contributed by atoms with Gasteiger partial charge in [0.25, 0.3) is 0 Å². The number of halogens is 2. The molecule has 122 valence electrons. The van der Waals surface area contributed by atoms with Crippen LogP contribution >= 0.6 is 0 Å². The highest BCUT2D eigenvalue weighted by molar-refractivity contribution is 5.75. The molecule has 1 aromatic carbocycles. The van der Waals surface area contributed by atoms with E-state index in [1.807, 2.05) is 0 Å². The summed E-state index contributed by atoms with van der Waals surface area (Å²) in [5.41, 5.74) is 0. The molecule has 0 aromatic heterocycles. The number of alkyl halides is 2. The lowest BCUT2D eigenvalue weighted by molar-refractivity contribution is -0.140. The van der Waals surface area contributed by atoms with Crippen molar-refractivity contribution in [2.24, 2.45) is 11.8 Å². The smallest absolute Gasteiger partial charge is 0.387 e. The summed E-state index contributed by atoms with van der Waals surface area (Å²) in [6.07, 6.45) is 6.32. The third-order valence-electron chi connectivity index (χ3n) is 4.14. The molecule has 2 rings (SSSR count). The molecular weight excluding hydrogens is 290 g/mol. The van der Waals surface area contributed by atoms with Crippen LogP contribution in [-0.4, -0.2) is 12.6 Å². The SMILES string of the molecule is CCCC1CCC(C(=O)Oc2ccc(OC(F)F)cc2)CC1. The van der Waals surface area contributed by atoms with Gasteiger partial charge in [0.05, 0.1) is 5.92 Å². The Bertz CT molecular complexity index is 465. The average molecular weight is 312 g/mol. The summed E-state index contributed by atoms with van der Waals surface area (Å²) >= 11 is 0. The van der Waals surface area contributed by atoms with Crippen molar-refractivity contribution in [3.05, 3.63) is 24.3 Å². The number of hydrogen-bond acceptors (Lipinski definition) is 3. The molecule has 0 saturated heterocycles. The van der Waals surface area contributed by atoms with E-state index in [4.69, 9.17) is 4.74 Å². The predicted molar refractivity (Wildman–Crippen MR) is 79.1 cm³/mol.